The van der Waals surface area contributed by atoms with E-state index in [1.807, 2.05) is 66.7 Å². The van der Waals surface area contributed by atoms with Gasteiger partial charge in [-0.15, -0.1) is 22.7 Å². The zero-order valence-electron chi connectivity index (χ0n) is 66.3. The largest absolute Gasteiger partial charge is 0.455 e. The Morgan fingerprint density at radius 2 is 0.560 bits per heavy atom. The quantitative estimate of drug-likeness (QED) is 0.107. The summed E-state index contributed by atoms with van der Waals surface area (Å²) in [5.41, 5.74) is 20.0. The molecule has 0 saturated heterocycles. The lowest BCUT2D eigenvalue weighted by atomic mass is 9.91. The molecule has 0 aliphatic carbocycles. The molecular weight excluding hydrogens is 1570 g/mol. The summed E-state index contributed by atoms with van der Waals surface area (Å²) in [6, 6.07) is 129. The maximum absolute atomic E-state index is 7.11. The first-order valence-corrected chi connectivity index (χ1v) is 43.1. The van der Waals surface area contributed by atoms with Gasteiger partial charge in [0.1, 0.15) is 22.3 Å². The van der Waals surface area contributed by atoms with Crippen LogP contribution in [0, 0.1) is 0 Å². The van der Waals surface area contributed by atoms with Crippen LogP contribution in [0.15, 0.2) is 379 Å². The lowest BCUT2D eigenvalue weighted by Gasteiger charge is -2.14. The van der Waals surface area contributed by atoms with Crippen LogP contribution in [0.25, 0.3) is 269 Å². The molecule has 0 spiro atoms. The minimum atomic E-state index is 0.490. The number of furan rings is 2. The van der Waals surface area contributed by atoms with Crippen LogP contribution in [-0.4, -0.2) is 54.4 Å². The van der Waals surface area contributed by atoms with Crippen molar-refractivity contribution in [1.82, 2.24) is 54.4 Å². The van der Waals surface area contributed by atoms with Gasteiger partial charge in [-0.2, -0.15) is 0 Å². The van der Waals surface area contributed by atoms with Crippen LogP contribution in [0.3, 0.4) is 0 Å². The fourth-order valence-electron chi connectivity index (χ4n) is 18.7. The molecule has 15 heteroatoms. The average Bonchev–Trinajstić information content (AvgIpc) is 1.49. The highest BCUT2D eigenvalue weighted by Gasteiger charge is 2.28. The second-order valence-electron chi connectivity index (χ2n) is 31.5. The summed E-state index contributed by atoms with van der Waals surface area (Å²) < 4.78 is 20.8. The number of hydrogen-bond acceptors (Lipinski definition) is 14. The second kappa shape index (κ2) is 28.1. The molecule has 13 nitrogen and oxygen atoms in total. The number of hydrogen-bond donors (Lipinski definition) is 0. The van der Waals surface area contributed by atoms with E-state index in [0.29, 0.717) is 68.9 Å². The van der Waals surface area contributed by atoms with E-state index in [-0.39, 0.29) is 0 Å². The predicted molar refractivity (Wildman–Crippen MR) is 511 cm³/mol. The Morgan fingerprint density at radius 3 is 1.13 bits per heavy atom. The molecule has 0 saturated carbocycles. The van der Waals surface area contributed by atoms with Gasteiger partial charge >= 0.3 is 0 Å². The lowest BCUT2D eigenvalue weighted by molar-refractivity contribution is 0.669. The van der Waals surface area contributed by atoms with Crippen LogP contribution in [0.2, 0.25) is 0 Å². The normalized spacial score (nSPS) is 12.0. The zero-order chi connectivity index (χ0) is 81.9. The Labute approximate surface area is 719 Å². The van der Waals surface area contributed by atoms with E-state index < -0.39 is 0 Å². The standard InChI is InChI=1S/C110H61N11O2S2/c1-5-27-62(28-6-1)95-101-97(75-40-16-19-53-90(75)124-101)113-109(111-95)82-47-22-42-77-93-80(45-25-51-88(93)122-99(77)82)107-116-103(64-31-9-3-10-32-64)115-105(119-107)68-56-58-73-84-60-66(55-57-72(84)70-37-13-14-38-71(70)85(73)61-68)65-33-21-34-67(59-65)104-117-106(79-44-24-50-87-92(79)74-39-15-18-49-86(74)121(87)69-35-11-4-12-36-69)120-108(118-104)81-46-26-52-89-94(81)78-43-23-48-83(100(78)123-89)110-112-96(63-29-7-2-8-30-63)102-98(114-110)76-41-17-20-54-91(76)125-102/h1-61H. The highest BCUT2D eigenvalue weighted by Crippen LogP contribution is 2.49. The summed E-state index contributed by atoms with van der Waals surface area (Å²) >= 11 is 3.43. The van der Waals surface area contributed by atoms with Gasteiger partial charge in [0, 0.05) is 103 Å². The second-order valence-corrected chi connectivity index (χ2v) is 33.6. The van der Waals surface area contributed by atoms with Crippen molar-refractivity contribution in [1.29, 1.82) is 0 Å². The van der Waals surface area contributed by atoms with E-state index in [1.54, 1.807) is 22.7 Å². The smallest absolute Gasteiger partial charge is 0.164 e. The van der Waals surface area contributed by atoms with E-state index in [9.17, 15) is 0 Å². The third-order valence-corrected chi connectivity index (χ3v) is 26.7. The molecule has 0 bridgehead atoms. The third kappa shape index (κ3) is 11.3. The number of para-hydroxylation sites is 4. The van der Waals surface area contributed by atoms with Gasteiger partial charge in [-0.25, -0.2) is 49.8 Å². The fourth-order valence-corrected chi connectivity index (χ4v) is 21.0. The minimum absolute atomic E-state index is 0.490. The van der Waals surface area contributed by atoms with E-state index >= 15 is 0 Å². The Hall–Kier alpha value is -16.5. The first-order chi connectivity index (χ1) is 61.9. The van der Waals surface area contributed by atoms with Crippen molar-refractivity contribution in [3.63, 3.8) is 0 Å². The molecule has 26 rings (SSSR count). The maximum Gasteiger partial charge on any atom is 0.164 e. The van der Waals surface area contributed by atoms with Crippen molar-refractivity contribution in [2.45, 2.75) is 0 Å². The number of aromatic nitrogens is 11. The number of benzene rings is 17. The van der Waals surface area contributed by atoms with Crippen LogP contribution < -0.4 is 0 Å². The van der Waals surface area contributed by atoms with Gasteiger partial charge < -0.3 is 13.4 Å². The van der Waals surface area contributed by atoms with Crippen LogP contribution >= 0.6 is 22.7 Å². The highest BCUT2D eigenvalue weighted by atomic mass is 32.1. The summed E-state index contributed by atoms with van der Waals surface area (Å²) in [6.45, 7) is 0. The molecule has 0 fully saturated rings. The summed E-state index contributed by atoms with van der Waals surface area (Å²) in [6.07, 6.45) is 0. The highest BCUT2D eigenvalue weighted by molar-refractivity contribution is 7.26. The monoisotopic (exact) mass is 1630 g/mol. The van der Waals surface area contributed by atoms with E-state index in [4.69, 9.17) is 58.7 Å². The number of fused-ring (bicyclic) bond motifs is 21. The van der Waals surface area contributed by atoms with Crippen molar-refractivity contribution >= 4 is 161 Å². The van der Waals surface area contributed by atoms with Crippen molar-refractivity contribution < 1.29 is 8.83 Å². The first kappa shape index (κ1) is 70.4. The Balaban J connectivity index is 0.615. The average molecular weight is 1630 g/mol. The molecule has 0 N–H and O–H groups in total. The number of rotatable bonds is 12. The Kier molecular flexibility index (Phi) is 15.8. The molecule has 0 aliphatic heterocycles. The molecule has 0 aliphatic rings. The molecule has 9 heterocycles. The molecule has 9 aromatic heterocycles. The molecule has 26 aromatic rings. The topological polar surface area (TPSA) is 160 Å². The third-order valence-electron chi connectivity index (χ3n) is 24.3. The van der Waals surface area contributed by atoms with Crippen molar-refractivity contribution in [3.05, 3.63) is 370 Å². The van der Waals surface area contributed by atoms with E-state index in [2.05, 4.69) is 308 Å². The molecular formula is C110H61N11O2S2. The van der Waals surface area contributed by atoms with Crippen LogP contribution in [0.5, 0.6) is 0 Å². The van der Waals surface area contributed by atoms with Gasteiger partial charge in [-0.05, 0) is 122 Å². The Bertz CT molecular complexity index is 9020. The number of nitrogens with zero attached hydrogens (tertiary/aromatic N) is 11. The van der Waals surface area contributed by atoms with Crippen molar-refractivity contribution in [2.75, 3.05) is 0 Å². The van der Waals surface area contributed by atoms with Gasteiger partial charge in [0.05, 0.1) is 54.0 Å². The fraction of sp³-hybridized carbons (Fsp3) is 0. The van der Waals surface area contributed by atoms with Gasteiger partial charge in [0.25, 0.3) is 0 Å². The predicted octanol–water partition coefficient (Wildman–Crippen LogP) is 29.1. The van der Waals surface area contributed by atoms with E-state index in [0.717, 1.165) is 200 Å². The molecule has 17 aromatic carbocycles. The molecule has 580 valence electrons. The van der Waals surface area contributed by atoms with Crippen LogP contribution in [0.1, 0.15) is 0 Å². The zero-order valence-corrected chi connectivity index (χ0v) is 67.9. The first-order valence-electron chi connectivity index (χ1n) is 41.5. The number of thiophene rings is 2. The Morgan fingerprint density at radius 1 is 0.208 bits per heavy atom. The maximum atomic E-state index is 7.11. The molecule has 0 atom stereocenters. The van der Waals surface area contributed by atoms with Crippen molar-refractivity contribution in [2.24, 2.45) is 0 Å². The van der Waals surface area contributed by atoms with Crippen LogP contribution in [-0.2, 0) is 0 Å². The minimum Gasteiger partial charge on any atom is -0.455 e. The van der Waals surface area contributed by atoms with Gasteiger partial charge in [-0.3, -0.25) is 0 Å². The summed E-state index contributed by atoms with van der Waals surface area (Å²) in [7, 11) is 0. The van der Waals surface area contributed by atoms with E-state index in [1.165, 1.54) is 0 Å². The van der Waals surface area contributed by atoms with Gasteiger partial charge in [0.15, 0.2) is 46.6 Å². The summed E-state index contributed by atoms with van der Waals surface area (Å²) in [4.78, 5) is 54.6. The van der Waals surface area contributed by atoms with Crippen LogP contribution in [0.4, 0.5) is 0 Å². The molecule has 0 amide bonds. The lowest BCUT2D eigenvalue weighted by Crippen LogP contribution is -2.01. The SMILES string of the molecule is c1ccc(-c2nc(-c3ccc4c5cc(-c6cccc(-c7nc(-c8cccc9oc%10c(-c%11nc(-c%12ccccc%12)c%12sc%13ccccc%13c%12n%11)cccc%10c89)nc(-c8cccc9c8c8ccccc8n9-c8ccccc8)n7)c6)ccc5c5ccccc5c4c3)nc(-c3cccc4oc5c(-c6nc(-c7ccccc7)c7sc8ccccc8c7n6)cccc5c34)n2)cc1. The molecule has 125 heavy (non-hydrogen) atoms. The summed E-state index contributed by atoms with van der Waals surface area (Å²) in [5.74, 6) is 4.26. The van der Waals surface area contributed by atoms with Gasteiger partial charge in [-0.1, -0.05) is 291 Å². The van der Waals surface area contributed by atoms with Crippen molar-refractivity contribution in [3.8, 4) is 130 Å². The van der Waals surface area contributed by atoms with Gasteiger partial charge in [0.2, 0.25) is 0 Å². The molecule has 0 radical (unpaired) electrons. The summed E-state index contributed by atoms with van der Waals surface area (Å²) in [5, 5.41) is 14.4. The molecule has 0 unspecified atom stereocenters.